The van der Waals surface area contributed by atoms with E-state index in [-0.39, 0.29) is 55.7 Å². The first-order valence-electron chi connectivity index (χ1n) is 13.1. The quantitative estimate of drug-likeness (QED) is 0.551. The van der Waals surface area contributed by atoms with Crippen molar-refractivity contribution in [2.75, 3.05) is 40.8 Å². The number of benzene rings is 1. The summed E-state index contributed by atoms with van der Waals surface area (Å²) in [5.74, 6) is -2.50. The van der Waals surface area contributed by atoms with Gasteiger partial charge in [-0.2, -0.15) is 0 Å². The van der Waals surface area contributed by atoms with Crippen LogP contribution in [0.2, 0.25) is 0 Å². The summed E-state index contributed by atoms with van der Waals surface area (Å²) in [4.78, 5) is 68.6. The molecule has 1 aromatic carbocycles. The Balaban J connectivity index is 1.93. The van der Waals surface area contributed by atoms with Gasteiger partial charge >= 0.3 is 6.09 Å². The summed E-state index contributed by atoms with van der Waals surface area (Å²) in [7, 11) is 4.30. The van der Waals surface area contributed by atoms with Gasteiger partial charge in [-0.3, -0.25) is 19.2 Å². The lowest BCUT2D eigenvalue weighted by molar-refractivity contribution is -0.140. The van der Waals surface area contributed by atoms with E-state index in [4.69, 9.17) is 9.47 Å². The number of nitrogens with one attached hydrogen (secondary N) is 2. The number of likely N-dealkylation sites (N-methyl/N-ethyl adjacent to an activating group) is 3. The number of ether oxygens (including phenoxy) is 2. The molecule has 0 saturated carbocycles. The summed E-state index contributed by atoms with van der Waals surface area (Å²) in [6.07, 6.45) is -0.427. The minimum Gasteiger partial charge on any atom is -0.491 e. The molecule has 2 aliphatic heterocycles. The van der Waals surface area contributed by atoms with Crippen molar-refractivity contribution in [1.29, 1.82) is 0 Å². The molecule has 12 nitrogen and oxygen atoms in total. The Morgan fingerprint density at radius 1 is 1.12 bits per heavy atom. The Hall–Kier alpha value is -3.90. The maximum Gasteiger partial charge on any atom is 0.407 e. The Kier molecular flexibility index (Phi) is 9.59. The third kappa shape index (κ3) is 7.60. The number of hydrogen-bond donors (Lipinski definition) is 2. The molecule has 0 radical (unpaired) electrons. The van der Waals surface area contributed by atoms with Crippen LogP contribution in [0.5, 0.6) is 5.75 Å². The molecule has 1 saturated heterocycles. The molecule has 0 bridgehead atoms. The lowest BCUT2D eigenvalue weighted by Gasteiger charge is -2.28. The van der Waals surface area contributed by atoms with E-state index in [2.05, 4.69) is 10.6 Å². The van der Waals surface area contributed by atoms with E-state index in [0.29, 0.717) is 6.42 Å². The van der Waals surface area contributed by atoms with Crippen LogP contribution in [0.25, 0.3) is 0 Å². The maximum absolute atomic E-state index is 14.2. The maximum atomic E-state index is 14.2. The molecule has 3 rings (SSSR count). The molecule has 0 unspecified atom stereocenters. The SMILES string of the molecule is CNC(=O)[C@H]1CCC(=O)N(C)CC(=O)N2C[C@@H](NC(=O)OC(C)(C)C)C[C@H]2COc2ccc(F)cc2C(=O)N1C. The van der Waals surface area contributed by atoms with Crippen molar-refractivity contribution in [2.24, 2.45) is 0 Å². The zero-order valence-electron chi connectivity index (χ0n) is 23.8. The number of nitrogens with zero attached hydrogens (tertiary/aromatic N) is 3. The molecule has 2 aliphatic rings. The number of amides is 5. The molecular weight excluding hydrogens is 525 g/mol. The van der Waals surface area contributed by atoms with Crippen LogP contribution in [0.15, 0.2) is 18.2 Å². The fourth-order valence-electron chi connectivity index (χ4n) is 4.77. The van der Waals surface area contributed by atoms with Crippen molar-refractivity contribution < 1.29 is 37.8 Å². The van der Waals surface area contributed by atoms with Gasteiger partial charge in [-0.15, -0.1) is 0 Å². The van der Waals surface area contributed by atoms with Crippen molar-refractivity contribution in [2.45, 2.75) is 63.8 Å². The molecule has 0 spiro atoms. The topological polar surface area (TPSA) is 138 Å². The standard InChI is InChI=1S/C27H38FN5O7/c1-27(2,3)40-26(38)30-17-12-18-15-39-21-9-7-16(28)11-19(21)25(37)32(6)20(24(36)29-4)8-10-22(34)31(5)14-23(35)33(18)13-17/h7,9,11,17-18,20H,8,10,12-15H2,1-6H3,(H,29,36)(H,30,38)/t17-,18-,20+/m0/s1. The van der Waals surface area contributed by atoms with Gasteiger partial charge in [0.05, 0.1) is 24.2 Å². The molecule has 3 atom stereocenters. The van der Waals surface area contributed by atoms with E-state index in [1.54, 1.807) is 20.8 Å². The highest BCUT2D eigenvalue weighted by molar-refractivity contribution is 5.99. The lowest BCUT2D eigenvalue weighted by atomic mass is 10.1. The van der Waals surface area contributed by atoms with Crippen LogP contribution >= 0.6 is 0 Å². The average Bonchev–Trinajstić information content (AvgIpc) is 3.27. The van der Waals surface area contributed by atoms with Crippen LogP contribution in [-0.4, -0.2) is 109 Å². The Labute approximate surface area is 233 Å². The van der Waals surface area contributed by atoms with Crippen molar-refractivity contribution in [3.63, 3.8) is 0 Å². The van der Waals surface area contributed by atoms with Crippen LogP contribution in [-0.2, 0) is 19.1 Å². The second-order valence-electron chi connectivity index (χ2n) is 11.1. The molecule has 0 aliphatic carbocycles. The van der Waals surface area contributed by atoms with Crippen molar-refractivity contribution in [1.82, 2.24) is 25.3 Å². The molecule has 1 aromatic rings. The summed E-state index contributed by atoms with van der Waals surface area (Å²) in [5, 5.41) is 5.27. The Bertz CT molecular complexity index is 1150. The van der Waals surface area contributed by atoms with Gasteiger partial charge in [-0.05, 0) is 51.8 Å². The van der Waals surface area contributed by atoms with Gasteiger partial charge in [0.15, 0.2) is 0 Å². The van der Waals surface area contributed by atoms with E-state index in [9.17, 15) is 28.4 Å². The van der Waals surface area contributed by atoms with E-state index >= 15 is 0 Å². The van der Waals surface area contributed by atoms with E-state index in [1.165, 1.54) is 37.0 Å². The van der Waals surface area contributed by atoms with Crippen LogP contribution < -0.4 is 15.4 Å². The predicted molar refractivity (Wildman–Crippen MR) is 142 cm³/mol. The summed E-state index contributed by atoms with van der Waals surface area (Å²) in [6, 6.07) is 1.50. The van der Waals surface area contributed by atoms with Gasteiger partial charge in [-0.1, -0.05) is 0 Å². The summed E-state index contributed by atoms with van der Waals surface area (Å²) in [5.41, 5.74) is -0.807. The number of carbonyl (C=O) groups excluding carboxylic acids is 5. The lowest BCUT2D eigenvalue weighted by Crippen LogP contribution is -2.48. The summed E-state index contributed by atoms with van der Waals surface area (Å²) < 4.78 is 25.6. The fourth-order valence-corrected chi connectivity index (χ4v) is 4.77. The van der Waals surface area contributed by atoms with Gasteiger partial charge in [0.25, 0.3) is 5.91 Å². The molecule has 13 heteroatoms. The largest absolute Gasteiger partial charge is 0.491 e. The average molecular weight is 564 g/mol. The number of alkyl carbamates (subject to hydrolysis) is 1. The number of halogens is 1. The second kappa shape index (κ2) is 12.5. The Morgan fingerprint density at radius 3 is 2.48 bits per heavy atom. The molecule has 2 heterocycles. The molecule has 40 heavy (non-hydrogen) atoms. The van der Waals surface area contributed by atoms with Gasteiger partial charge in [0.2, 0.25) is 17.7 Å². The number of hydrogen-bond acceptors (Lipinski definition) is 7. The van der Waals surface area contributed by atoms with Crippen molar-refractivity contribution >= 4 is 29.7 Å². The van der Waals surface area contributed by atoms with Gasteiger partial charge in [-0.25, -0.2) is 9.18 Å². The van der Waals surface area contributed by atoms with Crippen LogP contribution in [0.4, 0.5) is 9.18 Å². The van der Waals surface area contributed by atoms with Crippen LogP contribution in [0, 0.1) is 5.82 Å². The molecule has 220 valence electrons. The summed E-state index contributed by atoms with van der Waals surface area (Å²) >= 11 is 0. The van der Waals surface area contributed by atoms with Crippen LogP contribution in [0.3, 0.4) is 0 Å². The van der Waals surface area contributed by atoms with E-state index < -0.39 is 47.5 Å². The highest BCUT2D eigenvalue weighted by Gasteiger charge is 2.38. The summed E-state index contributed by atoms with van der Waals surface area (Å²) in [6.45, 7) is 5.09. The number of carbonyl (C=O) groups is 5. The normalized spacial score (nSPS) is 22.9. The van der Waals surface area contributed by atoms with Crippen molar-refractivity contribution in [3.05, 3.63) is 29.6 Å². The third-order valence-corrected chi connectivity index (χ3v) is 6.83. The van der Waals surface area contributed by atoms with Crippen LogP contribution in [0.1, 0.15) is 50.4 Å². The molecule has 1 fully saturated rings. The molecule has 2 N–H and O–H groups in total. The number of fused-ring (bicyclic) bond motifs is 2. The van der Waals surface area contributed by atoms with Crippen molar-refractivity contribution in [3.8, 4) is 5.75 Å². The van der Waals surface area contributed by atoms with Gasteiger partial charge in [0.1, 0.15) is 29.8 Å². The Morgan fingerprint density at radius 2 is 1.82 bits per heavy atom. The highest BCUT2D eigenvalue weighted by atomic mass is 19.1. The van der Waals surface area contributed by atoms with E-state index in [1.807, 2.05) is 0 Å². The minimum atomic E-state index is -1.02. The third-order valence-electron chi connectivity index (χ3n) is 6.83. The number of rotatable bonds is 2. The smallest absolute Gasteiger partial charge is 0.407 e. The van der Waals surface area contributed by atoms with E-state index in [0.717, 1.165) is 17.0 Å². The molecule has 0 aromatic heterocycles. The zero-order valence-corrected chi connectivity index (χ0v) is 23.8. The molecular formula is C27H38FN5O7. The van der Waals surface area contributed by atoms with Gasteiger partial charge in [0, 0.05) is 34.1 Å². The zero-order chi connectivity index (χ0) is 29.8. The highest BCUT2D eigenvalue weighted by Crippen LogP contribution is 2.26. The first-order valence-corrected chi connectivity index (χ1v) is 13.1. The predicted octanol–water partition coefficient (Wildman–Crippen LogP) is 1.14. The first-order chi connectivity index (χ1) is 18.7. The fraction of sp³-hybridized carbons (Fsp3) is 0.593. The first kappa shape index (κ1) is 30.6. The monoisotopic (exact) mass is 563 g/mol. The minimum absolute atomic E-state index is 0.0149. The van der Waals surface area contributed by atoms with Gasteiger partial charge < -0.3 is 34.8 Å². The molecule has 5 amide bonds. The second-order valence-corrected chi connectivity index (χ2v) is 11.1.